The van der Waals surface area contributed by atoms with Gasteiger partial charge < -0.3 is 5.32 Å². The Hall–Kier alpha value is -1.46. The summed E-state index contributed by atoms with van der Waals surface area (Å²) in [4.78, 5) is 0.537. The highest BCUT2D eigenvalue weighted by Gasteiger charge is 2.20. The normalized spacial score (nSPS) is 14.4. The molecule has 1 saturated carbocycles. The third-order valence-electron chi connectivity index (χ3n) is 3.26. The molecule has 1 aliphatic rings. The van der Waals surface area contributed by atoms with Crippen molar-refractivity contribution in [3.05, 3.63) is 59.4 Å². The second-order valence-corrected chi connectivity index (χ2v) is 6.18. The summed E-state index contributed by atoms with van der Waals surface area (Å²) in [5.41, 5.74) is 0.598. The van der Waals surface area contributed by atoms with Crippen molar-refractivity contribution >= 4 is 11.8 Å². The Balaban J connectivity index is 1.76. The highest BCUT2D eigenvalue weighted by Crippen LogP contribution is 2.33. The van der Waals surface area contributed by atoms with Gasteiger partial charge in [0.15, 0.2) is 0 Å². The zero-order chi connectivity index (χ0) is 14.8. The zero-order valence-corrected chi connectivity index (χ0v) is 12.0. The topological polar surface area (TPSA) is 12.0 Å². The molecule has 110 valence electrons. The first-order valence-electron chi connectivity index (χ1n) is 6.76. The maximum Gasteiger partial charge on any atom is 0.140 e. The monoisotopic (exact) mass is 309 g/mol. The summed E-state index contributed by atoms with van der Waals surface area (Å²) in [5.74, 6) is -1.55. The van der Waals surface area contributed by atoms with Crippen molar-refractivity contribution in [1.29, 1.82) is 0 Å². The zero-order valence-electron chi connectivity index (χ0n) is 11.2. The molecule has 1 aliphatic carbocycles. The number of hydrogen-bond donors (Lipinski definition) is 1. The first-order chi connectivity index (χ1) is 10.1. The molecule has 0 radical (unpaired) electrons. The number of hydrogen-bond acceptors (Lipinski definition) is 2. The van der Waals surface area contributed by atoms with Crippen LogP contribution in [0.1, 0.15) is 18.4 Å². The number of halogens is 3. The van der Waals surface area contributed by atoms with E-state index in [2.05, 4.69) is 5.32 Å². The minimum Gasteiger partial charge on any atom is -0.310 e. The van der Waals surface area contributed by atoms with E-state index >= 15 is 0 Å². The van der Waals surface area contributed by atoms with Crippen LogP contribution in [-0.4, -0.2) is 6.04 Å². The van der Waals surface area contributed by atoms with E-state index in [1.165, 1.54) is 36.4 Å². The maximum atomic E-state index is 14.1. The summed E-state index contributed by atoms with van der Waals surface area (Å²) in [6.07, 6.45) is 2.26. The molecule has 0 unspecified atom stereocenters. The van der Waals surface area contributed by atoms with Crippen LogP contribution in [-0.2, 0) is 6.54 Å². The van der Waals surface area contributed by atoms with Crippen LogP contribution >= 0.6 is 11.8 Å². The molecule has 1 fully saturated rings. The van der Waals surface area contributed by atoms with Crippen molar-refractivity contribution in [2.75, 3.05) is 0 Å². The lowest BCUT2D eigenvalue weighted by atomic mass is 10.2. The average molecular weight is 309 g/mol. The van der Waals surface area contributed by atoms with Gasteiger partial charge in [0, 0.05) is 17.5 Å². The van der Waals surface area contributed by atoms with E-state index in [9.17, 15) is 13.2 Å². The SMILES string of the molecule is Fc1ccc(Sc2c(F)cc(CNC3CC3)cc2F)cc1. The van der Waals surface area contributed by atoms with Gasteiger partial charge in [-0.15, -0.1) is 0 Å². The quantitative estimate of drug-likeness (QED) is 0.872. The van der Waals surface area contributed by atoms with E-state index in [0.29, 0.717) is 23.0 Å². The molecule has 3 rings (SSSR count). The molecule has 0 aromatic heterocycles. The van der Waals surface area contributed by atoms with E-state index in [0.717, 1.165) is 24.6 Å². The highest BCUT2D eigenvalue weighted by atomic mass is 32.2. The second-order valence-electron chi connectivity index (χ2n) is 5.10. The van der Waals surface area contributed by atoms with Gasteiger partial charge >= 0.3 is 0 Å². The fourth-order valence-electron chi connectivity index (χ4n) is 1.98. The van der Waals surface area contributed by atoms with E-state index in [-0.39, 0.29) is 10.7 Å². The van der Waals surface area contributed by atoms with Crippen molar-refractivity contribution in [2.45, 2.75) is 35.2 Å². The van der Waals surface area contributed by atoms with E-state index in [1.54, 1.807) is 0 Å². The predicted octanol–water partition coefficient (Wildman–Crippen LogP) is 4.51. The summed E-state index contributed by atoms with van der Waals surface area (Å²) in [6, 6.07) is 8.74. The molecule has 0 heterocycles. The van der Waals surface area contributed by atoms with Gasteiger partial charge in [0.2, 0.25) is 0 Å². The second kappa shape index (κ2) is 6.12. The molecule has 5 heteroatoms. The average Bonchev–Trinajstić information content (AvgIpc) is 3.27. The minimum absolute atomic E-state index is 0.0585. The Morgan fingerprint density at radius 2 is 1.62 bits per heavy atom. The first kappa shape index (κ1) is 14.5. The third-order valence-corrected chi connectivity index (χ3v) is 4.37. The smallest absolute Gasteiger partial charge is 0.140 e. The van der Waals surface area contributed by atoms with Crippen molar-refractivity contribution < 1.29 is 13.2 Å². The molecular formula is C16H14F3NS. The molecular weight excluding hydrogens is 295 g/mol. The molecule has 0 aliphatic heterocycles. The Kier molecular flexibility index (Phi) is 4.22. The van der Waals surface area contributed by atoms with Crippen LogP contribution in [0.5, 0.6) is 0 Å². The standard InChI is InChI=1S/C16H14F3NS/c17-11-1-5-13(6-2-11)21-16-14(18)7-10(8-15(16)19)9-20-12-3-4-12/h1-2,5-8,12,20H,3-4,9H2. The van der Waals surface area contributed by atoms with Gasteiger partial charge in [-0.3, -0.25) is 0 Å². The lowest BCUT2D eigenvalue weighted by Gasteiger charge is -2.09. The molecule has 0 bridgehead atoms. The van der Waals surface area contributed by atoms with E-state index in [4.69, 9.17) is 0 Å². The van der Waals surface area contributed by atoms with Crippen LogP contribution in [0.25, 0.3) is 0 Å². The Morgan fingerprint density at radius 1 is 1.00 bits per heavy atom. The summed E-state index contributed by atoms with van der Waals surface area (Å²) >= 11 is 0.958. The van der Waals surface area contributed by atoms with Gasteiger partial charge in [0.25, 0.3) is 0 Å². The van der Waals surface area contributed by atoms with Gasteiger partial charge in [0.05, 0.1) is 4.90 Å². The van der Waals surface area contributed by atoms with Crippen molar-refractivity contribution in [1.82, 2.24) is 5.32 Å². The Bertz CT molecular complexity index is 615. The first-order valence-corrected chi connectivity index (χ1v) is 7.58. The van der Waals surface area contributed by atoms with Gasteiger partial charge in [-0.25, -0.2) is 13.2 Å². The van der Waals surface area contributed by atoms with Crippen molar-refractivity contribution in [3.8, 4) is 0 Å². The van der Waals surface area contributed by atoms with Gasteiger partial charge in [-0.2, -0.15) is 0 Å². The third kappa shape index (κ3) is 3.80. The Labute approximate surface area is 125 Å². The van der Waals surface area contributed by atoms with Crippen LogP contribution in [0.4, 0.5) is 13.2 Å². The predicted molar refractivity (Wildman–Crippen MR) is 76.7 cm³/mol. The fourth-order valence-corrected chi connectivity index (χ4v) is 2.80. The Morgan fingerprint density at radius 3 is 2.19 bits per heavy atom. The van der Waals surface area contributed by atoms with Crippen molar-refractivity contribution in [3.63, 3.8) is 0 Å². The molecule has 0 saturated heterocycles. The molecule has 1 nitrogen and oxygen atoms in total. The molecule has 2 aromatic carbocycles. The van der Waals surface area contributed by atoms with Gasteiger partial charge in [-0.05, 0) is 54.8 Å². The fraction of sp³-hybridized carbons (Fsp3) is 0.250. The summed E-state index contributed by atoms with van der Waals surface area (Å²) in [5, 5.41) is 3.22. The molecule has 0 atom stereocenters. The highest BCUT2D eigenvalue weighted by molar-refractivity contribution is 7.99. The van der Waals surface area contributed by atoms with E-state index in [1.807, 2.05) is 0 Å². The van der Waals surface area contributed by atoms with Crippen LogP contribution in [0.15, 0.2) is 46.2 Å². The van der Waals surface area contributed by atoms with Crippen LogP contribution in [0, 0.1) is 17.5 Å². The molecule has 1 N–H and O–H groups in total. The molecule has 0 spiro atoms. The van der Waals surface area contributed by atoms with Crippen molar-refractivity contribution in [2.24, 2.45) is 0 Å². The molecule has 21 heavy (non-hydrogen) atoms. The largest absolute Gasteiger partial charge is 0.310 e. The number of rotatable bonds is 5. The van der Waals surface area contributed by atoms with Crippen LogP contribution in [0.2, 0.25) is 0 Å². The lowest BCUT2D eigenvalue weighted by molar-refractivity contribution is 0.534. The molecule has 0 amide bonds. The summed E-state index contributed by atoms with van der Waals surface area (Å²) < 4.78 is 40.9. The summed E-state index contributed by atoms with van der Waals surface area (Å²) in [6.45, 7) is 0.472. The van der Waals surface area contributed by atoms with E-state index < -0.39 is 11.6 Å². The maximum absolute atomic E-state index is 14.1. The number of benzene rings is 2. The van der Waals surface area contributed by atoms with Gasteiger partial charge in [-0.1, -0.05) is 11.8 Å². The lowest BCUT2D eigenvalue weighted by Crippen LogP contribution is -2.15. The number of nitrogens with one attached hydrogen (secondary N) is 1. The minimum atomic E-state index is -0.586. The summed E-state index contributed by atoms with van der Waals surface area (Å²) in [7, 11) is 0. The van der Waals surface area contributed by atoms with Gasteiger partial charge in [0.1, 0.15) is 17.5 Å². The molecule has 2 aromatic rings. The van der Waals surface area contributed by atoms with Crippen LogP contribution in [0.3, 0.4) is 0 Å². The van der Waals surface area contributed by atoms with Crippen LogP contribution < -0.4 is 5.32 Å².